The van der Waals surface area contributed by atoms with Gasteiger partial charge in [0.15, 0.2) is 6.29 Å². The second-order valence-corrected chi connectivity index (χ2v) is 5.58. The van der Waals surface area contributed by atoms with Gasteiger partial charge < -0.3 is 4.90 Å². The Kier molecular flexibility index (Phi) is 4.05. The molecular formula is C13H16FNOS. The molecule has 1 heterocycles. The average molecular weight is 253 g/mol. The Hall–Kier alpha value is -1.03. The van der Waals surface area contributed by atoms with E-state index in [1.165, 1.54) is 12.1 Å². The van der Waals surface area contributed by atoms with E-state index in [-0.39, 0.29) is 5.82 Å². The molecular weight excluding hydrogens is 237 g/mol. The number of nitrogens with zero attached hydrogens (tertiary/aromatic N) is 1. The average Bonchev–Trinajstić information content (AvgIpc) is 2.38. The zero-order chi connectivity index (χ0) is 12.3. The summed E-state index contributed by atoms with van der Waals surface area (Å²) in [7, 11) is 0. The van der Waals surface area contributed by atoms with E-state index in [1.54, 1.807) is 6.07 Å². The Bertz CT molecular complexity index is 410. The number of anilines is 1. The van der Waals surface area contributed by atoms with Crippen molar-refractivity contribution in [2.24, 2.45) is 0 Å². The zero-order valence-electron chi connectivity index (χ0n) is 9.86. The lowest BCUT2D eigenvalue weighted by Crippen LogP contribution is -2.38. The van der Waals surface area contributed by atoms with Crippen LogP contribution in [0.5, 0.6) is 0 Å². The second-order valence-electron chi connectivity index (χ2n) is 4.17. The number of carbonyl (C=O) groups is 1. The van der Waals surface area contributed by atoms with Crippen LogP contribution in [0.1, 0.15) is 23.7 Å². The van der Waals surface area contributed by atoms with Crippen LogP contribution < -0.4 is 4.90 Å². The number of halogens is 1. The van der Waals surface area contributed by atoms with Crippen LogP contribution in [0, 0.1) is 5.82 Å². The van der Waals surface area contributed by atoms with E-state index >= 15 is 0 Å². The number of carbonyl (C=O) groups excluding carboxylic acids is 1. The van der Waals surface area contributed by atoms with E-state index in [2.05, 4.69) is 11.8 Å². The Morgan fingerprint density at radius 1 is 1.59 bits per heavy atom. The fraction of sp³-hybridized carbons (Fsp3) is 0.462. The topological polar surface area (TPSA) is 20.3 Å². The molecule has 0 bridgehead atoms. The van der Waals surface area contributed by atoms with Crippen molar-refractivity contribution >= 4 is 23.7 Å². The number of benzene rings is 1. The van der Waals surface area contributed by atoms with Gasteiger partial charge in [0.1, 0.15) is 5.82 Å². The predicted octanol–water partition coefficient (Wildman–Crippen LogP) is 2.97. The van der Waals surface area contributed by atoms with Gasteiger partial charge in [-0.25, -0.2) is 4.39 Å². The predicted molar refractivity (Wildman–Crippen MR) is 70.5 cm³/mol. The van der Waals surface area contributed by atoms with Crippen LogP contribution in [0.4, 0.5) is 10.1 Å². The highest BCUT2D eigenvalue weighted by Crippen LogP contribution is 2.27. The van der Waals surface area contributed by atoms with Gasteiger partial charge in [0.05, 0.1) is 0 Å². The molecule has 0 saturated carbocycles. The largest absolute Gasteiger partial charge is 0.369 e. The number of rotatable bonds is 3. The first-order valence-electron chi connectivity index (χ1n) is 5.86. The standard InChI is InChI=1S/C13H16FNOS/c1-2-12-8-15(5-6-17-12)13-4-3-11(14)7-10(13)9-16/h3-4,7,9,12H,2,5-6,8H2,1H3. The van der Waals surface area contributed by atoms with Crippen molar-refractivity contribution in [1.29, 1.82) is 0 Å². The summed E-state index contributed by atoms with van der Waals surface area (Å²) in [4.78, 5) is 13.2. The Labute approximate surface area is 105 Å². The third-order valence-corrected chi connectivity index (χ3v) is 4.42. The minimum atomic E-state index is -0.353. The van der Waals surface area contributed by atoms with Crippen LogP contribution in [0.25, 0.3) is 0 Å². The molecule has 1 aliphatic rings. The lowest BCUT2D eigenvalue weighted by molar-refractivity contribution is 0.112. The molecule has 1 aromatic carbocycles. The van der Waals surface area contributed by atoms with E-state index in [9.17, 15) is 9.18 Å². The second kappa shape index (κ2) is 5.54. The summed E-state index contributed by atoms with van der Waals surface area (Å²) in [6.45, 7) is 4.04. The molecule has 1 aliphatic heterocycles. The third-order valence-electron chi connectivity index (χ3n) is 3.05. The Morgan fingerprint density at radius 2 is 2.41 bits per heavy atom. The Balaban J connectivity index is 2.23. The molecule has 17 heavy (non-hydrogen) atoms. The number of hydrogen-bond donors (Lipinski definition) is 0. The molecule has 0 amide bonds. The molecule has 1 unspecified atom stereocenters. The highest BCUT2D eigenvalue weighted by molar-refractivity contribution is 8.00. The van der Waals surface area contributed by atoms with Crippen molar-refractivity contribution in [3.05, 3.63) is 29.6 Å². The smallest absolute Gasteiger partial charge is 0.152 e. The van der Waals surface area contributed by atoms with E-state index < -0.39 is 0 Å². The molecule has 4 heteroatoms. The van der Waals surface area contributed by atoms with Crippen molar-refractivity contribution in [1.82, 2.24) is 0 Å². The molecule has 1 aromatic rings. The summed E-state index contributed by atoms with van der Waals surface area (Å²) in [5.74, 6) is 0.711. The molecule has 1 fully saturated rings. The van der Waals surface area contributed by atoms with Gasteiger partial charge in [-0.15, -0.1) is 0 Å². The quantitative estimate of drug-likeness (QED) is 0.772. The molecule has 0 N–H and O–H groups in total. The SMILES string of the molecule is CCC1CN(c2ccc(F)cc2C=O)CCS1. The zero-order valence-corrected chi connectivity index (χ0v) is 10.7. The van der Waals surface area contributed by atoms with Crippen LogP contribution >= 0.6 is 11.8 Å². The van der Waals surface area contributed by atoms with Gasteiger partial charge in [0, 0.05) is 35.3 Å². The summed E-state index contributed by atoms with van der Waals surface area (Å²) in [5.41, 5.74) is 1.31. The first-order chi connectivity index (χ1) is 8.24. The summed E-state index contributed by atoms with van der Waals surface area (Å²) in [5, 5.41) is 0.605. The molecule has 2 rings (SSSR count). The lowest BCUT2D eigenvalue weighted by atomic mass is 10.1. The van der Waals surface area contributed by atoms with E-state index in [1.807, 2.05) is 11.8 Å². The van der Waals surface area contributed by atoms with Gasteiger partial charge in [0.2, 0.25) is 0 Å². The third kappa shape index (κ3) is 2.80. The highest BCUT2D eigenvalue weighted by Gasteiger charge is 2.21. The maximum absolute atomic E-state index is 13.1. The van der Waals surface area contributed by atoms with Crippen molar-refractivity contribution in [2.45, 2.75) is 18.6 Å². The van der Waals surface area contributed by atoms with Crippen molar-refractivity contribution in [3.8, 4) is 0 Å². The van der Waals surface area contributed by atoms with E-state index in [0.29, 0.717) is 10.8 Å². The van der Waals surface area contributed by atoms with Gasteiger partial charge in [-0.05, 0) is 24.6 Å². The van der Waals surface area contributed by atoms with E-state index in [4.69, 9.17) is 0 Å². The van der Waals surface area contributed by atoms with E-state index in [0.717, 1.165) is 37.2 Å². The van der Waals surface area contributed by atoms with Crippen molar-refractivity contribution < 1.29 is 9.18 Å². The fourth-order valence-electron chi connectivity index (χ4n) is 2.09. The van der Waals surface area contributed by atoms with Crippen LogP contribution in [0.2, 0.25) is 0 Å². The normalized spacial score (nSPS) is 20.4. The summed E-state index contributed by atoms with van der Waals surface area (Å²) in [6.07, 6.45) is 1.86. The van der Waals surface area contributed by atoms with Crippen LogP contribution in [0.15, 0.2) is 18.2 Å². The van der Waals surface area contributed by atoms with Gasteiger partial charge in [-0.1, -0.05) is 6.92 Å². The summed E-state index contributed by atoms with van der Waals surface area (Å²) in [6, 6.07) is 4.44. The van der Waals surface area contributed by atoms with Crippen molar-refractivity contribution in [3.63, 3.8) is 0 Å². The number of thioether (sulfide) groups is 1. The fourth-order valence-corrected chi connectivity index (χ4v) is 3.27. The summed E-state index contributed by atoms with van der Waals surface area (Å²) >= 11 is 1.97. The minimum Gasteiger partial charge on any atom is -0.369 e. The molecule has 0 spiro atoms. The lowest BCUT2D eigenvalue weighted by Gasteiger charge is -2.34. The minimum absolute atomic E-state index is 0.353. The highest BCUT2D eigenvalue weighted by atomic mass is 32.2. The Morgan fingerprint density at radius 3 is 3.12 bits per heavy atom. The molecule has 92 valence electrons. The molecule has 1 saturated heterocycles. The van der Waals surface area contributed by atoms with Crippen molar-refractivity contribution in [2.75, 3.05) is 23.7 Å². The number of hydrogen-bond acceptors (Lipinski definition) is 3. The molecule has 0 radical (unpaired) electrons. The first-order valence-corrected chi connectivity index (χ1v) is 6.90. The van der Waals surface area contributed by atoms with Gasteiger partial charge in [-0.2, -0.15) is 11.8 Å². The first kappa shape index (κ1) is 12.4. The molecule has 0 aromatic heterocycles. The number of aldehydes is 1. The molecule has 1 atom stereocenters. The van der Waals surface area contributed by atoms with Crippen LogP contribution in [-0.2, 0) is 0 Å². The monoisotopic (exact) mass is 253 g/mol. The molecule has 2 nitrogen and oxygen atoms in total. The maximum atomic E-state index is 13.1. The maximum Gasteiger partial charge on any atom is 0.152 e. The van der Waals surface area contributed by atoms with Gasteiger partial charge in [0.25, 0.3) is 0 Å². The molecule has 0 aliphatic carbocycles. The van der Waals surface area contributed by atoms with Crippen LogP contribution in [-0.4, -0.2) is 30.4 Å². The van der Waals surface area contributed by atoms with Gasteiger partial charge >= 0.3 is 0 Å². The van der Waals surface area contributed by atoms with Gasteiger partial charge in [-0.3, -0.25) is 4.79 Å². The van der Waals surface area contributed by atoms with Crippen LogP contribution in [0.3, 0.4) is 0 Å². The summed E-state index contributed by atoms with van der Waals surface area (Å²) < 4.78 is 13.1.